The van der Waals surface area contributed by atoms with E-state index in [1.807, 2.05) is 7.05 Å². The molecule has 1 atom stereocenters. The van der Waals surface area contributed by atoms with E-state index in [-0.39, 0.29) is 12.4 Å². The first kappa shape index (κ1) is 18.7. The molecule has 1 rings (SSSR count). The third-order valence-electron chi connectivity index (χ3n) is 3.76. The first-order valence-corrected chi connectivity index (χ1v) is 7.59. The minimum atomic E-state index is 0. The van der Waals surface area contributed by atoms with E-state index in [4.69, 9.17) is 0 Å². The third-order valence-corrected chi connectivity index (χ3v) is 3.76. The maximum absolute atomic E-state index is 12.3. The summed E-state index contributed by atoms with van der Waals surface area (Å²) in [6, 6.07) is 0.495. The quantitative estimate of drug-likeness (QED) is 0.762. The Balaban J connectivity index is 0.00000324. The van der Waals surface area contributed by atoms with Gasteiger partial charge in [0.1, 0.15) is 0 Å². The molecule has 0 aromatic heterocycles. The topological polar surface area (TPSA) is 32.3 Å². The summed E-state index contributed by atoms with van der Waals surface area (Å²) in [6.45, 7) is 6.44. The summed E-state index contributed by atoms with van der Waals surface area (Å²) in [5.74, 6) is 1.05. The van der Waals surface area contributed by atoms with Gasteiger partial charge in [-0.15, -0.1) is 12.4 Å². The van der Waals surface area contributed by atoms with Crippen LogP contribution < -0.4 is 5.32 Å². The molecule has 1 aliphatic heterocycles. The second-order valence-electron chi connectivity index (χ2n) is 5.93. The van der Waals surface area contributed by atoms with E-state index in [1.54, 1.807) is 0 Å². The Hall–Kier alpha value is -0.280. The monoisotopic (exact) mass is 290 g/mol. The molecule has 4 heteroatoms. The predicted molar refractivity (Wildman–Crippen MR) is 83.8 cm³/mol. The average Bonchev–Trinajstić information content (AvgIpc) is 2.54. The number of carbonyl (C=O) groups excluding carboxylic acids is 1. The fourth-order valence-corrected chi connectivity index (χ4v) is 2.85. The van der Waals surface area contributed by atoms with Crippen molar-refractivity contribution in [3.63, 3.8) is 0 Å². The fourth-order valence-electron chi connectivity index (χ4n) is 2.85. The lowest BCUT2D eigenvalue weighted by Gasteiger charge is -2.31. The predicted octanol–water partition coefficient (Wildman–Crippen LogP) is 3.23. The zero-order chi connectivity index (χ0) is 13.4. The third kappa shape index (κ3) is 7.17. The SMILES string of the molecule is CNCCCC(=O)N1CCCCCC1CC(C)C.Cl. The molecule has 1 fully saturated rings. The van der Waals surface area contributed by atoms with Gasteiger partial charge in [0.05, 0.1) is 0 Å². The smallest absolute Gasteiger partial charge is 0.222 e. The van der Waals surface area contributed by atoms with Crippen LogP contribution in [0.3, 0.4) is 0 Å². The molecule has 1 amide bonds. The van der Waals surface area contributed by atoms with Gasteiger partial charge in [-0.2, -0.15) is 0 Å². The van der Waals surface area contributed by atoms with Gasteiger partial charge < -0.3 is 10.2 Å². The van der Waals surface area contributed by atoms with Gasteiger partial charge in [-0.3, -0.25) is 4.79 Å². The molecule has 0 aliphatic carbocycles. The zero-order valence-electron chi connectivity index (χ0n) is 12.8. The highest BCUT2D eigenvalue weighted by Gasteiger charge is 2.25. The number of hydrogen-bond donors (Lipinski definition) is 1. The Bertz CT molecular complexity index is 246. The number of hydrogen-bond acceptors (Lipinski definition) is 2. The Kier molecular flexibility index (Phi) is 10.3. The molecule has 19 heavy (non-hydrogen) atoms. The maximum Gasteiger partial charge on any atom is 0.222 e. The Morgan fingerprint density at radius 1 is 1.32 bits per heavy atom. The zero-order valence-corrected chi connectivity index (χ0v) is 13.6. The van der Waals surface area contributed by atoms with Crippen molar-refractivity contribution in [1.29, 1.82) is 0 Å². The van der Waals surface area contributed by atoms with E-state index < -0.39 is 0 Å². The number of amides is 1. The van der Waals surface area contributed by atoms with E-state index in [0.29, 0.717) is 24.3 Å². The average molecular weight is 291 g/mol. The van der Waals surface area contributed by atoms with Crippen molar-refractivity contribution in [1.82, 2.24) is 10.2 Å². The highest BCUT2D eigenvalue weighted by molar-refractivity contribution is 5.85. The lowest BCUT2D eigenvalue weighted by atomic mass is 9.98. The second kappa shape index (κ2) is 10.5. The molecular formula is C15H31ClN2O. The fraction of sp³-hybridized carbons (Fsp3) is 0.933. The summed E-state index contributed by atoms with van der Waals surface area (Å²) >= 11 is 0. The van der Waals surface area contributed by atoms with Gasteiger partial charge in [-0.25, -0.2) is 0 Å². The normalized spacial score (nSPS) is 20.0. The van der Waals surface area contributed by atoms with E-state index in [9.17, 15) is 4.79 Å². The molecular weight excluding hydrogens is 260 g/mol. The van der Waals surface area contributed by atoms with E-state index >= 15 is 0 Å². The first-order valence-electron chi connectivity index (χ1n) is 7.59. The second-order valence-corrected chi connectivity index (χ2v) is 5.93. The lowest BCUT2D eigenvalue weighted by molar-refractivity contribution is -0.133. The van der Waals surface area contributed by atoms with Crippen LogP contribution in [-0.2, 0) is 4.79 Å². The summed E-state index contributed by atoms with van der Waals surface area (Å²) in [6.07, 6.45) is 7.79. The van der Waals surface area contributed by atoms with Crippen LogP contribution >= 0.6 is 12.4 Å². The summed E-state index contributed by atoms with van der Waals surface area (Å²) < 4.78 is 0. The molecule has 1 N–H and O–H groups in total. The molecule has 1 unspecified atom stereocenters. The number of nitrogens with zero attached hydrogens (tertiary/aromatic N) is 1. The van der Waals surface area contributed by atoms with Crippen molar-refractivity contribution >= 4 is 18.3 Å². The minimum Gasteiger partial charge on any atom is -0.340 e. The van der Waals surface area contributed by atoms with Gasteiger partial charge >= 0.3 is 0 Å². The van der Waals surface area contributed by atoms with Crippen molar-refractivity contribution in [2.75, 3.05) is 20.1 Å². The number of likely N-dealkylation sites (tertiary alicyclic amines) is 1. The van der Waals surface area contributed by atoms with Crippen LogP contribution in [0.2, 0.25) is 0 Å². The summed E-state index contributed by atoms with van der Waals surface area (Å²) in [7, 11) is 1.94. The van der Waals surface area contributed by atoms with Crippen LogP contribution in [0, 0.1) is 5.92 Å². The van der Waals surface area contributed by atoms with E-state index in [2.05, 4.69) is 24.1 Å². The molecule has 114 valence electrons. The molecule has 0 spiro atoms. The molecule has 0 radical (unpaired) electrons. The lowest BCUT2D eigenvalue weighted by Crippen LogP contribution is -2.40. The highest BCUT2D eigenvalue weighted by atomic mass is 35.5. The van der Waals surface area contributed by atoms with Crippen molar-refractivity contribution in [3.8, 4) is 0 Å². The Morgan fingerprint density at radius 3 is 2.68 bits per heavy atom. The molecule has 0 aromatic carbocycles. The Morgan fingerprint density at radius 2 is 2.05 bits per heavy atom. The minimum absolute atomic E-state index is 0. The van der Waals surface area contributed by atoms with Crippen molar-refractivity contribution in [2.24, 2.45) is 5.92 Å². The number of halogens is 1. The molecule has 1 saturated heterocycles. The highest BCUT2D eigenvalue weighted by Crippen LogP contribution is 2.23. The number of carbonyl (C=O) groups is 1. The summed E-state index contributed by atoms with van der Waals surface area (Å²) in [5.41, 5.74) is 0. The van der Waals surface area contributed by atoms with Gasteiger partial charge in [0.25, 0.3) is 0 Å². The van der Waals surface area contributed by atoms with Crippen LogP contribution in [0.5, 0.6) is 0 Å². The van der Waals surface area contributed by atoms with Crippen molar-refractivity contribution < 1.29 is 4.79 Å². The number of nitrogens with one attached hydrogen (secondary N) is 1. The van der Waals surface area contributed by atoms with Crippen LogP contribution in [-0.4, -0.2) is 37.0 Å². The van der Waals surface area contributed by atoms with Gasteiger partial charge in [-0.05, 0) is 45.2 Å². The molecule has 0 bridgehead atoms. The van der Waals surface area contributed by atoms with Crippen LogP contribution in [0.25, 0.3) is 0 Å². The van der Waals surface area contributed by atoms with Gasteiger partial charge in [-0.1, -0.05) is 26.7 Å². The van der Waals surface area contributed by atoms with Gasteiger partial charge in [0.15, 0.2) is 0 Å². The summed E-state index contributed by atoms with van der Waals surface area (Å²) in [4.78, 5) is 14.5. The van der Waals surface area contributed by atoms with Crippen LogP contribution in [0.1, 0.15) is 58.8 Å². The van der Waals surface area contributed by atoms with E-state index in [0.717, 1.165) is 25.9 Å². The largest absolute Gasteiger partial charge is 0.340 e. The van der Waals surface area contributed by atoms with Crippen molar-refractivity contribution in [2.45, 2.75) is 64.8 Å². The van der Waals surface area contributed by atoms with Crippen molar-refractivity contribution in [3.05, 3.63) is 0 Å². The molecule has 3 nitrogen and oxygen atoms in total. The van der Waals surface area contributed by atoms with Gasteiger partial charge in [0, 0.05) is 19.0 Å². The molecule has 0 aromatic rings. The Labute approximate surface area is 124 Å². The number of rotatable bonds is 6. The van der Waals surface area contributed by atoms with Crippen LogP contribution in [0.4, 0.5) is 0 Å². The maximum atomic E-state index is 12.3. The standard InChI is InChI=1S/C15H30N2O.ClH/c1-13(2)12-14-8-5-4-6-11-17(14)15(18)9-7-10-16-3;/h13-14,16H,4-12H2,1-3H3;1H. The molecule has 0 saturated carbocycles. The summed E-state index contributed by atoms with van der Waals surface area (Å²) in [5, 5.41) is 3.11. The first-order chi connectivity index (χ1) is 8.65. The van der Waals surface area contributed by atoms with Gasteiger partial charge in [0.2, 0.25) is 5.91 Å². The molecule has 1 heterocycles. The van der Waals surface area contributed by atoms with Crippen LogP contribution in [0.15, 0.2) is 0 Å². The molecule has 1 aliphatic rings. The van der Waals surface area contributed by atoms with E-state index in [1.165, 1.54) is 25.7 Å².